The van der Waals surface area contributed by atoms with Crippen molar-refractivity contribution in [3.05, 3.63) is 29.8 Å². The second kappa shape index (κ2) is 6.65. The smallest absolute Gasteiger partial charge is 0.319 e. The van der Waals surface area contributed by atoms with Crippen LogP contribution in [-0.2, 0) is 0 Å². The minimum absolute atomic E-state index is 0.00872. The van der Waals surface area contributed by atoms with E-state index in [2.05, 4.69) is 10.6 Å². The molecule has 0 radical (unpaired) electrons. The van der Waals surface area contributed by atoms with Gasteiger partial charge in [0.1, 0.15) is 11.6 Å². The number of carbonyl (C=O) groups excluding carboxylic acids is 1. The summed E-state index contributed by atoms with van der Waals surface area (Å²) in [4.78, 5) is 11.7. The van der Waals surface area contributed by atoms with Crippen molar-refractivity contribution in [1.29, 1.82) is 0 Å². The highest BCUT2D eigenvalue weighted by molar-refractivity contribution is 5.89. The molecule has 110 valence electrons. The molecule has 0 heterocycles. The first-order valence-electron chi connectivity index (χ1n) is 6.72. The van der Waals surface area contributed by atoms with Gasteiger partial charge in [-0.3, -0.25) is 0 Å². The zero-order valence-corrected chi connectivity index (χ0v) is 11.0. The van der Waals surface area contributed by atoms with Gasteiger partial charge in [-0.2, -0.15) is 0 Å². The molecule has 0 bridgehead atoms. The summed E-state index contributed by atoms with van der Waals surface area (Å²) in [5.74, 6) is -0.979. The van der Waals surface area contributed by atoms with Crippen molar-refractivity contribution < 1.29 is 18.7 Å². The second-order valence-electron chi connectivity index (χ2n) is 5.12. The highest BCUT2D eigenvalue weighted by atomic mass is 19.1. The maximum atomic E-state index is 13.4. The molecule has 1 saturated carbocycles. The fourth-order valence-corrected chi connectivity index (χ4v) is 2.43. The number of hydrogen-bond donors (Lipinski definition) is 3. The quantitative estimate of drug-likeness (QED) is 0.799. The van der Waals surface area contributed by atoms with Crippen LogP contribution in [0, 0.1) is 17.6 Å². The van der Waals surface area contributed by atoms with E-state index in [-0.39, 0.29) is 18.3 Å². The van der Waals surface area contributed by atoms with Crippen LogP contribution in [0.2, 0.25) is 0 Å². The Balaban J connectivity index is 1.85. The van der Waals surface area contributed by atoms with Gasteiger partial charge in [0.15, 0.2) is 0 Å². The minimum Gasteiger partial charge on any atom is -0.396 e. The number of amides is 2. The molecular weight excluding hydrogens is 266 g/mol. The zero-order valence-electron chi connectivity index (χ0n) is 11.0. The van der Waals surface area contributed by atoms with Crippen molar-refractivity contribution in [2.75, 3.05) is 11.9 Å². The van der Waals surface area contributed by atoms with E-state index in [1.807, 2.05) is 0 Å². The number of halogens is 2. The Morgan fingerprint density at radius 1 is 1.25 bits per heavy atom. The molecule has 6 heteroatoms. The Hall–Kier alpha value is -1.69. The van der Waals surface area contributed by atoms with E-state index in [1.165, 1.54) is 0 Å². The maximum absolute atomic E-state index is 13.4. The summed E-state index contributed by atoms with van der Waals surface area (Å²) < 4.78 is 26.3. The van der Waals surface area contributed by atoms with Crippen molar-refractivity contribution in [1.82, 2.24) is 5.32 Å². The maximum Gasteiger partial charge on any atom is 0.319 e. The van der Waals surface area contributed by atoms with Crippen molar-refractivity contribution in [3.63, 3.8) is 0 Å². The molecule has 1 aromatic rings. The van der Waals surface area contributed by atoms with Gasteiger partial charge in [0.05, 0.1) is 5.69 Å². The third-order valence-electron chi connectivity index (χ3n) is 3.62. The molecule has 1 aliphatic rings. The number of hydrogen-bond acceptors (Lipinski definition) is 2. The second-order valence-corrected chi connectivity index (χ2v) is 5.12. The molecule has 0 aliphatic heterocycles. The number of rotatable bonds is 3. The van der Waals surface area contributed by atoms with Gasteiger partial charge in [0, 0.05) is 18.7 Å². The van der Waals surface area contributed by atoms with Crippen LogP contribution in [0.25, 0.3) is 0 Å². The molecule has 1 fully saturated rings. The third-order valence-corrected chi connectivity index (χ3v) is 3.62. The molecule has 0 unspecified atom stereocenters. The Labute approximate surface area is 116 Å². The van der Waals surface area contributed by atoms with Crippen LogP contribution in [-0.4, -0.2) is 23.8 Å². The Bertz CT molecular complexity index is 474. The summed E-state index contributed by atoms with van der Waals surface area (Å²) in [5.41, 5.74) is -0.174. The van der Waals surface area contributed by atoms with Crippen LogP contribution in [0.1, 0.15) is 25.7 Å². The van der Waals surface area contributed by atoms with Gasteiger partial charge in [-0.1, -0.05) is 0 Å². The normalized spacial score (nSPS) is 22.4. The van der Waals surface area contributed by atoms with E-state index in [9.17, 15) is 13.6 Å². The molecular formula is C14H18F2N2O2. The first kappa shape index (κ1) is 14.7. The van der Waals surface area contributed by atoms with Gasteiger partial charge in [0.2, 0.25) is 0 Å². The van der Waals surface area contributed by atoms with E-state index < -0.39 is 17.7 Å². The minimum atomic E-state index is -0.675. The molecule has 0 saturated heterocycles. The molecule has 0 aromatic heterocycles. The molecule has 0 spiro atoms. The Morgan fingerprint density at radius 3 is 2.60 bits per heavy atom. The number of aliphatic hydroxyl groups is 1. The van der Waals surface area contributed by atoms with E-state index in [1.54, 1.807) is 0 Å². The lowest BCUT2D eigenvalue weighted by Crippen LogP contribution is -2.40. The monoisotopic (exact) mass is 284 g/mol. The molecule has 2 amide bonds. The van der Waals surface area contributed by atoms with Crippen LogP contribution >= 0.6 is 0 Å². The van der Waals surface area contributed by atoms with Crippen molar-refractivity contribution >= 4 is 11.7 Å². The number of urea groups is 1. The lowest BCUT2D eigenvalue weighted by molar-refractivity contribution is 0.176. The topological polar surface area (TPSA) is 61.4 Å². The van der Waals surface area contributed by atoms with E-state index in [0.717, 1.165) is 43.9 Å². The molecule has 0 atom stereocenters. The fourth-order valence-electron chi connectivity index (χ4n) is 2.43. The van der Waals surface area contributed by atoms with Crippen molar-refractivity contribution in [3.8, 4) is 0 Å². The van der Waals surface area contributed by atoms with Gasteiger partial charge in [-0.25, -0.2) is 13.6 Å². The molecule has 3 N–H and O–H groups in total. The summed E-state index contributed by atoms with van der Waals surface area (Å²) in [6.45, 7) is 0.174. The number of benzene rings is 1. The zero-order chi connectivity index (χ0) is 14.5. The van der Waals surface area contributed by atoms with Crippen molar-refractivity contribution in [2.45, 2.75) is 31.7 Å². The highest BCUT2D eigenvalue weighted by Gasteiger charge is 2.22. The predicted octanol–water partition coefficient (Wildman–Crippen LogP) is 2.64. The lowest BCUT2D eigenvalue weighted by Gasteiger charge is -2.27. The molecule has 2 rings (SSSR count). The van der Waals surface area contributed by atoms with E-state index in [0.29, 0.717) is 5.92 Å². The number of anilines is 1. The van der Waals surface area contributed by atoms with Crippen LogP contribution in [0.5, 0.6) is 0 Å². The number of carbonyl (C=O) groups is 1. The number of aliphatic hydroxyl groups excluding tert-OH is 1. The molecule has 1 aromatic carbocycles. The van der Waals surface area contributed by atoms with Gasteiger partial charge in [-0.15, -0.1) is 0 Å². The van der Waals surface area contributed by atoms with Gasteiger partial charge in [0.25, 0.3) is 0 Å². The first-order valence-corrected chi connectivity index (χ1v) is 6.72. The average Bonchev–Trinajstić information content (AvgIpc) is 2.43. The summed E-state index contributed by atoms with van der Waals surface area (Å²) in [5, 5.41) is 14.1. The Kier molecular flexibility index (Phi) is 4.89. The van der Waals surface area contributed by atoms with Gasteiger partial charge in [-0.05, 0) is 43.7 Å². The number of nitrogens with one attached hydrogen (secondary N) is 2. The molecule has 1 aliphatic carbocycles. The Morgan fingerprint density at radius 2 is 1.95 bits per heavy atom. The largest absolute Gasteiger partial charge is 0.396 e. The summed E-state index contributed by atoms with van der Waals surface area (Å²) in [6.07, 6.45) is 3.28. The highest BCUT2D eigenvalue weighted by Crippen LogP contribution is 2.23. The van der Waals surface area contributed by atoms with Crippen molar-refractivity contribution in [2.24, 2.45) is 5.92 Å². The third kappa shape index (κ3) is 3.90. The predicted molar refractivity (Wildman–Crippen MR) is 71.3 cm³/mol. The molecule has 4 nitrogen and oxygen atoms in total. The van der Waals surface area contributed by atoms with E-state index in [4.69, 9.17) is 5.11 Å². The summed E-state index contributed by atoms with van der Waals surface area (Å²) in [7, 11) is 0. The summed E-state index contributed by atoms with van der Waals surface area (Å²) in [6, 6.07) is 2.38. The summed E-state index contributed by atoms with van der Waals surface area (Å²) >= 11 is 0. The average molecular weight is 284 g/mol. The van der Waals surface area contributed by atoms with Gasteiger partial charge >= 0.3 is 6.03 Å². The van der Waals surface area contributed by atoms with Gasteiger partial charge < -0.3 is 15.7 Å². The first-order chi connectivity index (χ1) is 9.58. The molecule has 20 heavy (non-hydrogen) atoms. The van der Waals surface area contributed by atoms with Crippen LogP contribution in [0.4, 0.5) is 19.3 Å². The SMILES string of the molecule is O=C(Nc1cc(F)ccc1F)NC1CCC(CO)CC1. The lowest BCUT2D eigenvalue weighted by atomic mass is 9.87. The fraction of sp³-hybridized carbons (Fsp3) is 0.500. The van der Waals surface area contributed by atoms with Crippen LogP contribution in [0.15, 0.2) is 18.2 Å². The van der Waals surface area contributed by atoms with Crippen LogP contribution in [0.3, 0.4) is 0 Å². The standard InChI is InChI=1S/C14H18F2N2O2/c15-10-3-6-12(16)13(7-10)18-14(20)17-11-4-1-9(8-19)2-5-11/h3,6-7,9,11,19H,1-2,4-5,8H2,(H2,17,18,20). The van der Waals surface area contributed by atoms with E-state index >= 15 is 0 Å². The van der Waals surface area contributed by atoms with Crippen LogP contribution < -0.4 is 10.6 Å².